The van der Waals surface area contributed by atoms with Crippen molar-refractivity contribution in [3.8, 4) is 11.5 Å². The van der Waals surface area contributed by atoms with Gasteiger partial charge >= 0.3 is 0 Å². The molecule has 27 heavy (non-hydrogen) atoms. The van der Waals surface area contributed by atoms with Crippen LogP contribution in [0.4, 0.5) is 11.4 Å². The van der Waals surface area contributed by atoms with Crippen LogP contribution in [0.15, 0.2) is 47.4 Å². The molecule has 0 unspecified atom stereocenters. The van der Waals surface area contributed by atoms with Crippen molar-refractivity contribution in [1.82, 2.24) is 0 Å². The Hall–Kier alpha value is -2.74. The second-order valence-corrected chi connectivity index (χ2v) is 8.61. The van der Waals surface area contributed by atoms with E-state index >= 15 is 0 Å². The van der Waals surface area contributed by atoms with E-state index in [4.69, 9.17) is 9.47 Å². The Labute approximate surface area is 158 Å². The number of benzene rings is 2. The van der Waals surface area contributed by atoms with Crippen LogP contribution in [0.1, 0.15) is 20.8 Å². The third kappa shape index (κ3) is 4.00. The number of ether oxygens (including phenoxy) is 2. The molecule has 0 radical (unpaired) electrons. The first-order chi connectivity index (χ1) is 12.6. The van der Waals surface area contributed by atoms with Gasteiger partial charge in [0.1, 0.15) is 17.1 Å². The van der Waals surface area contributed by atoms with Gasteiger partial charge in [-0.1, -0.05) is 0 Å². The Morgan fingerprint density at radius 2 is 1.85 bits per heavy atom. The molecule has 0 bridgehead atoms. The van der Waals surface area contributed by atoms with Crippen molar-refractivity contribution < 1.29 is 22.7 Å². The number of rotatable bonds is 4. The summed E-state index contributed by atoms with van der Waals surface area (Å²) >= 11 is 0. The summed E-state index contributed by atoms with van der Waals surface area (Å²) in [5.41, 5.74) is 0.300. The van der Waals surface area contributed by atoms with Crippen LogP contribution in [0, 0.1) is 0 Å². The molecule has 1 amide bonds. The van der Waals surface area contributed by atoms with Gasteiger partial charge in [-0.3, -0.25) is 9.52 Å². The number of nitrogens with one attached hydrogen (secondary N) is 1. The number of nitrogens with zero attached hydrogens (tertiary/aromatic N) is 1. The highest BCUT2D eigenvalue weighted by Crippen LogP contribution is 2.38. The summed E-state index contributed by atoms with van der Waals surface area (Å²) in [7, 11) is -2.29. The van der Waals surface area contributed by atoms with Crippen LogP contribution in [0.5, 0.6) is 11.5 Å². The topological polar surface area (TPSA) is 84.9 Å². The lowest BCUT2D eigenvalue weighted by molar-refractivity contribution is -0.117. The lowest BCUT2D eigenvalue weighted by Gasteiger charge is -2.39. The van der Waals surface area contributed by atoms with E-state index in [1.165, 1.54) is 31.1 Å². The zero-order valence-electron chi connectivity index (χ0n) is 15.6. The molecule has 144 valence electrons. The Morgan fingerprint density at radius 3 is 2.44 bits per heavy atom. The molecule has 0 aliphatic carbocycles. The smallest absolute Gasteiger partial charge is 0.261 e. The molecule has 1 aliphatic heterocycles. The first-order valence-electron chi connectivity index (χ1n) is 8.39. The van der Waals surface area contributed by atoms with Crippen molar-refractivity contribution in [1.29, 1.82) is 0 Å². The van der Waals surface area contributed by atoms with E-state index in [2.05, 4.69) is 4.72 Å². The molecule has 0 atom stereocenters. The second-order valence-electron chi connectivity index (χ2n) is 6.93. The number of methoxy groups -OCH3 is 1. The first kappa shape index (κ1) is 19.0. The third-order valence-electron chi connectivity index (χ3n) is 4.18. The number of hydrogen-bond acceptors (Lipinski definition) is 5. The van der Waals surface area contributed by atoms with Gasteiger partial charge in [0.15, 0.2) is 0 Å². The fourth-order valence-corrected chi connectivity index (χ4v) is 3.99. The summed E-state index contributed by atoms with van der Waals surface area (Å²) in [5.74, 6) is 0.929. The average molecular weight is 390 g/mol. The summed E-state index contributed by atoms with van der Waals surface area (Å²) in [6, 6.07) is 11.1. The van der Waals surface area contributed by atoms with Crippen LogP contribution in [0.2, 0.25) is 0 Å². The van der Waals surface area contributed by atoms with E-state index in [9.17, 15) is 13.2 Å². The summed E-state index contributed by atoms with van der Waals surface area (Å²) in [6.45, 7) is 5.54. The van der Waals surface area contributed by atoms with Gasteiger partial charge < -0.3 is 14.4 Å². The van der Waals surface area contributed by atoms with Crippen LogP contribution in [0.25, 0.3) is 0 Å². The predicted octanol–water partition coefficient (Wildman–Crippen LogP) is 3.02. The summed E-state index contributed by atoms with van der Waals surface area (Å²) in [6.07, 6.45) is 0. The van der Waals surface area contributed by atoms with E-state index in [1.54, 1.807) is 30.3 Å². The average Bonchev–Trinajstić information content (AvgIpc) is 2.60. The van der Waals surface area contributed by atoms with E-state index in [1.807, 2.05) is 13.8 Å². The molecule has 2 aromatic rings. The van der Waals surface area contributed by atoms with Gasteiger partial charge in [-0.25, -0.2) is 8.42 Å². The number of fused-ring (bicyclic) bond motifs is 1. The lowest BCUT2D eigenvalue weighted by atomic mass is 10.1. The Balaban J connectivity index is 1.95. The van der Waals surface area contributed by atoms with Crippen molar-refractivity contribution in [2.45, 2.75) is 31.3 Å². The van der Waals surface area contributed by atoms with Gasteiger partial charge in [0.05, 0.1) is 24.2 Å². The molecule has 0 saturated heterocycles. The minimum Gasteiger partial charge on any atom is -0.497 e. The quantitative estimate of drug-likeness (QED) is 0.867. The zero-order chi connectivity index (χ0) is 19.8. The Kier molecular flexibility index (Phi) is 4.77. The van der Waals surface area contributed by atoms with Crippen LogP contribution in [-0.2, 0) is 14.8 Å². The molecule has 0 spiro atoms. The Morgan fingerprint density at radius 1 is 1.19 bits per heavy atom. The maximum atomic E-state index is 12.8. The largest absolute Gasteiger partial charge is 0.497 e. The maximum Gasteiger partial charge on any atom is 0.261 e. The molecule has 1 aliphatic rings. The van der Waals surface area contributed by atoms with Gasteiger partial charge in [-0.2, -0.15) is 0 Å². The van der Waals surface area contributed by atoms with Crippen LogP contribution >= 0.6 is 0 Å². The molecule has 0 saturated carbocycles. The second kappa shape index (κ2) is 6.77. The SMILES string of the molecule is COc1ccc(NS(=O)(=O)c2ccc3c(c2)N(C(C)=O)CC(C)(C)O3)cc1. The molecule has 1 heterocycles. The van der Waals surface area contributed by atoms with Gasteiger partial charge in [-0.05, 0) is 56.3 Å². The monoisotopic (exact) mass is 390 g/mol. The highest BCUT2D eigenvalue weighted by molar-refractivity contribution is 7.92. The molecule has 0 fully saturated rings. The molecular weight excluding hydrogens is 368 g/mol. The molecule has 2 aromatic carbocycles. The highest BCUT2D eigenvalue weighted by Gasteiger charge is 2.34. The number of carbonyl (C=O) groups is 1. The highest BCUT2D eigenvalue weighted by atomic mass is 32.2. The Bertz CT molecular complexity index is 968. The molecule has 8 heteroatoms. The zero-order valence-corrected chi connectivity index (χ0v) is 16.5. The molecule has 0 aromatic heterocycles. The lowest BCUT2D eigenvalue weighted by Crippen LogP contribution is -2.48. The number of sulfonamides is 1. The fourth-order valence-electron chi connectivity index (χ4n) is 2.91. The third-order valence-corrected chi connectivity index (χ3v) is 5.56. The van der Waals surface area contributed by atoms with Crippen molar-refractivity contribution in [2.75, 3.05) is 23.3 Å². The molecule has 1 N–H and O–H groups in total. The number of carbonyl (C=O) groups excluding carboxylic acids is 1. The van der Waals surface area contributed by atoms with Crippen molar-refractivity contribution in [3.63, 3.8) is 0 Å². The number of hydrogen-bond donors (Lipinski definition) is 1. The minimum absolute atomic E-state index is 0.0478. The minimum atomic E-state index is -3.83. The fraction of sp³-hybridized carbons (Fsp3) is 0.316. The normalized spacial score (nSPS) is 15.5. The molecule has 7 nitrogen and oxygen atoms in total. The van der Waals surface area contributed by atoms with Gasteiger partial charge in [-0.15, -0.1) is 0 Å². The summed E-state index contributed by atoms with van der Waals surface area (Å²) < 4.78 is 39.0. The number of amides is 1. The van der Waals surface area contributed by atoms with Crippen molar-refractivity contribution in [2.24, 2.45) is 0 Å². The first-order valence-corrected chi connectivity index (χ1v) is 9.88. The standard InChI is InChI=1S/C19H22N2O5S/c1-13(22)21-12-19(2,3)26-18-10-9-16(11-17(18)21)27(23,24)20-14-5-7-15(25-4)8-6-14/h5-11,20H,12H2,1-4H3. The van der Waals surface area contributed by atoms with Crippen LogP contribution in [-0.4, -0.2) is 33.6 Å². The molecule has 3 rings (SSSR count). The number of anilines is 2. The van der Waals surface area contributed by atoms with E-state index in [0.717, 1.165) is 0 Å². The van der Waals surface area contributed by atoms with Crippen LogP contribution < -0.4 is 19.1 Å². The van der Waals surface area contributed by atoms with Gasteiger partial charge in [0.2, 0.25) is 5.91 Å². The van der Waals surface area contributed by atoms with Crippen molar-refractivity contribution in [3.05, 3.63) is 42.5 Å². The molecular formula is C19H22N2O5S. The van der Waals surface area contributed by atoms with E-state index in [0.29, 0.717) is 29.4 Å². The summed E-state index contributed by atoms with van der Waals surface area (Å²) in [4.78, 5) is 13.6. The summed E-state index contributed by atoms with van der Waals surface area (Å²) in [5, 5.41) is 0. The van der Waals surface area contributed by atoms with Gasteiger partial charge in [0, 0.05) is 12.6 Å². The predicted molar refractivity (Wildman–Crippen MR) is 103 cm³/mol. The van der Waals surface area contributed by atoms with Gasteiger partial charge in [0.25, 0.3) is 10.0 Å². The van der Waals surface area contributed by atoms with Crippen molar-refractivity contribution >= 4 is 27.3 Å². The van der Waals surface area contributed by atoms with E-state index < -0.39 is 15.6 Å². The van der Waals surface area contributed by atoms with E-state index in [-0.39, 0.29) is 10.8 Å². The van der Waals surface area contributed by atoms with Crippen LogP contribution in [0.3, 0.4) is 0 Å². The maximum absolute atomic E-state index is 12.8.